The molecule has 0 spiro atoms. The maximum absolute atomic E-state index is 7.68. The molecule has 0 aliphatic rings. The molecule has 1 aromatic rings. The lowest BCUT2D eigenvalue weighted by atomic mass is 9.89. The Morgan fingerprint density at radius 1 is 0.694 bits per heavy atom. The van der Waals surface area contributed by atoms with E-state index >= 15 is 0 Å². The van der Waals surface area contributed by atoms with Gasteiger partial charge in [-0.05, 0) is 70.4 Å². The minimum absolute atomic E-state index is 0.00523. The summed E-state index contributed by atoms with van der Waals surface area (Å²) < 4.78 is 21.9. The van der Waals surface area contributed by atoms with E-state index in [2.05, 4.69) is 125 Å². The summed E-state index contributed by atoms with van der Waals surface area (Å²) in [5, 5.41) is 1.13. The maximum Gasteiger partial charge on any atom is 0.229 e. The van der Waals surface area contributed by atoms with Gasteiger partial charge in [0, 0.05) is 10.3 Å². The molecule has 0 radical (unpaired) electrons. The van der Waals surface area contributed by atoms with Gasteiger partial charge in [-0.2, -0.15) is 0 Å². The topological polar surface area (TPSA) is 27.7 Å². The summed E-state index contributed by atoms with van der Waals surface area (Å²) >= 11 is 0. The molecule has 1 rings (SSSR count). The summed E-state index contributed by atoms with van der Waals surface area (Å²) in [6.45, 7) is 33.2. The Kier molecular flexibility index (Phi) is 12.6. The third-order valence-corrected chi connectivity index (χ3v) is 23.0. The average molecular weight is 569 g/mol. The monoisotopic (exact) mass is 568 g/mol. The predicted molar refractivity (Wildman–Crippen MR) is 171 cm³/mol. The van der Waals surface area contributed by atoms with Crippen molar-refractivity contribution in [1.29, 1.82) is 0 Å². The Hall–Kier alpha value is -0.0325. The summed E-state index contributed by atoms with van der Waals surface area (Å²) in [6.07, 6.45) is 5.17. The lowest BCUT2D eigenvalue weighted by Crippen LogP contribution is -2.69. The molecule has 1 aromatic carbocycles. The van der Waals surface area contributed by atoms with Crippen LogP contribution in [-0.4, -0.2) is 51.2 Å². The van der Waals surface area contributed by atoms with Crippen LogP contribution < -0.4 is 5.19 Å². The normalized spacial score (nSPS) is 17.8. The van der Waals surface area contributed by atoms with Crippen molar-refractivity contribution in [3.8, 4) is 0 Å². The molecule has 0 heterocycles. The van der Waals surface area contributed by atoms with Crippen LogP contribution in [0.5, 0.6) is 0 Å². The zero-order valence-corrected chi connectivity index (χ0v) is 30.8. The first-order valence-corrected chi connectivity index (χ1v) is 25.0. The molecule has 0 saturated carbocycles. The van der Waals surface area contributed by atoms with E-state index < -0.39 is 35.2 Å². The number of hydrogen-bond acceptors (Lipinski definition) is 3. The van der Waals surface area contributed by atoms with Crippen molar-refractivity contribution in [2.75, 3.05) is 0 Å². The highest BCUT2D eigenvalue weighted by molar-refractivity contribution is 6.89. The maximum atomic E-state index is 7.68. The van der Waals surface area contributed by atoms with Crippen molar-refractivity contribution < 1.29 is 13.3 Å². The summed E-state index contributed by atoms with van der Waals surface area (Å²) in [5.41, 5.74) is -0.307. The molecule has 0 bridgehead atoms. The highest BCUT2D eigenvalue weighted by Gasteiger charge is 2.60. The first-order valence-electron chi connectivity index (χ1n) is 14.7. The molecule has 210 valence electrons. The Labute approximate surface area is 231 Å². The van der Waals surface area contributed by atoms with Crippen LogP contribution in [0.25, 0.3) is 0 Å². The van der Waals surface area contributed by atoms with Gasteiger partial charge in [-0.25, -0.2) is 0 Å². The Morgan fingerprint density at radius 3 is 1.53 bits per heavy atom. The smallest absolute Gasteiger partial charge is 0.229 e. The van der Waals surface area contributed by atoms with Crippen LogP contribution in [-0.2, 0) is 13.3 Å². The van der Waals surface area contributed by atoms with E-state index in [4.69, 9.17) is 13.3 Å². The van der Waals surface area contributed by atoms with Gasteiger partial charge in [-0.15, -0.1) is 0 Å². The molecule has 3 atom stereocenters. The summed E-state index contributed by atoms with van der Waals surface area (Å²) in [6, 6.07) is 11.1. The highest BCUT2D eigenvalue weighted by atomic mass is 28.4. The van der Waals surface area contributed by atoms with E-state index in [1.54, 1.807) is 0 Å². The lowest BCUT2D eigenvalue weighted by molar-refractivity contribution is 0.000840. The Balaban J connectivity index is 3.72. The van der Waals surface area contributed by atoms with E-state index in [0.29, 0.717) is 0 Å². The molecular weight excluding hydrogens is 509 g/mol. The quantitative estimate of drug-likeness (QED) is 0.193. The van der Waals surface area contributed by atoms with E-state index in [0.717, 1.165) is 32.1 Å². The fraction of sp³-hybridized carbons (Fsp3) is 0.793. The molecule has 0 aromatic heterocycles. The highest BCUT2D eigenvalue weighted by Crippen LogP contribution is 2.53. The van der Waals surface area contributed by atoms with Gasteiger partial charge in [0.1, 0.15) is 0 Å². The largest absolute Gasteiger partial charge is 0.415 e. The van der Waals surface area contributed by atoms with Gasteiger partial charge in [0.2, 0.25) is 17.4 Å². The van der Waals surface area contributed by atoms with Crippen LogP contribution in [0.4, 0.5) is 0 Å². The van der Waals surface area contributed by atoms with Crippen LogP contribution >= 0.6 is 0 Å². The minimum atomic E-state index is -2.53. The summed E-state index contributed by atoms with van der Waals surface area (Å²) in [5.74, 6) is 0. The summed E-state index contributed by atoms with van der Waals surface area (Å²) in [7, 11) is -6.54. The molecule has 7 heteroatoms. The van der Waals surface area contributed by atoms with E-state index in [1.807, 2.05) is 0 Å². The number of hydrogen-bond donors (Lipinski definition) is 0. The average Bonchev–Trinajstić information content (AvgIpc) is 2.85. The van der Waals surface area contributed by atoms with Crippen molar-refractivity contribution in [2.45, 2.75) is 148 Å². The van der Waals surface area contributed by atoms with Crippen LogP contribution in [0.1, 0.15) is 87.5 Å². The van der Waals surface area contributed by atoms with Gasteiger partial charge >= 0.3 is 0 Å². The SMILES string of the molecule is CCC(CC)(O[Si](C)(c1ccccc1)C(C)(C)C(C)(CC)O[SiH](C)C(CC)(CC)O[SiH](C)C)[SiH](C)C. The van der Waals surface area contributed by atoms with Crippen molar-refractivity contribution in [2.24, 2.45) is 0 Å². The number of rotatable bonds is 16. The summed E-state index contributed by atoms with van der Waals surface area (Å²) in [4.78, 5) is 0. The number of benzene rings is 1. The molecule has 0 N–H and O–H groups in total. The first-order chi connectivity index (χ1) is 16.6. The predicted octanol–water partition coefficient (Wildman–Crippen LogP) is 7.49. The van der Waals surface area contributed by atoms with Crippen LogP contribution in [0, 0.1) is 0 Å². The Bertz CT molecular complexity index is 778. The van der Waals surface area contributed by atoms with Gasteiger partial charge in [0.05, 0.1) is 19.6 Å². The lowest BCUT2D eigenvalue weighted by Gasteiger charge is -2.57. The van der Waals surface area contributed by atoms with Gasteiger partial charge in [0.15, 0.2) is 9.04 Å². The molecule has 0 amide bonds. The zero-order chi connectivity index (χ0) is 28.0. The zero-order valence-electron chi connectivity index (χ0n) is 26.4. The van der Waals surface area contributed by atoms with Crippen LogP contribution in [0.2, 0.25) is 44.3 Å². The molecule has 0 fully saturated rings. The molecular formula is C29H60O3Si4. The van der Waals surface area contributed by atoms with E-state index in [-0.39, 0.29) is 21.1 Å². The molecule has 0 aliphatic heterocycles. The second kappa shape index (κ2) is 13.4. The molecule has 3 nitrogen and oxygen atoms in total. The van der Waals surface area contributed by atoms with Crippen molar-refractivity contribution >= 4 is 40.4 Å². The minimum Gasteiger partial charge on any atom is -0.415 e. The molecule has 36 heavy (non-hydrogen) atoms. The van der Waals surface area contributed by atoms with Crippen molar-refractivity contribution in [3.63, 3.8) is 0 Å². The third kappa shape index (κ3) is 6.57. The van der Waals surface area contributed by atoms with Gasteiger partial charge in [0.25, 0.3) is 0 Å². The second-order valence-electron chi connectivity index (χ2n) is 12.3. The molecule has 0 saturated heterocycles. The molecule has 0 aliphatic carbocycles. The van der Waals surface area contributed by atoms with Crippen LogP contribution in [0.3, 0.4) is 0 Å². The fourth-order valence-corrected chi connectivity index (χ4v) is 19.4. The van der Waals surface area contributed by atoms with Crippen LogP contribution in [0.15, 0.2) is 30.3 Å². The Morgan fingerprint density at radius 2 is 1.17 bits per heavy atom. The van der Waals surface area contributed by atoms with E-state index in [9.17, 15) is 0 Å². The molecule has 3 unspecified atom stereocenters. The first kappa shape index (κ1) is 34.0. The van der Waals surface area contributed by atoms with Crippen molar-refractivity contribution in [3.05, 3.63) is 30.3 Å². The standard InChI is InChI=1S/C29H60O3Si4/c1-15-27(8,30-35(13)28(16-2,17-3)31-34(11)12)26(6,7)36(14,25-23-21-20-22-24-25)32-29(18-4,19-5)33(9)10/h20-24,33-35H,15-19H2,1-14H3. The van der Waals surface area contributed by atoms with Gasteiger partial charge in [-0.1, -0.05) is 91.9 Å². The third-order valence-electron chi connectivity index (χ3n) is 10.0. The second-order valence-corrected chi connectivity index (χ2v) is 24.7. The van der Waals surface area contributed by atoms with E-state index in [1.165, 1.54) is 5.19 Å². The van der Waals surface area contributed by atoms with Gasteiger partial charge in [-0.3, -0.25) is 0 Å². The van der Waals surface area contributed by atoms with Gasteiger partial charge < -0.3 is 13.3 Å². The van der Waals surface area contributed by atoms with Crippen molar-refractivity contribution in [1.82, 2.24) is 0 Å². The fourth-order valence-electron chi connectivity index (χ4n) is 6.27.